The van der Waals surface area contributed by atoms with Gasteiger partial charge in [-0.25, -0.2) is 0 Å². The monoisotopic (exact) mass is 259 g/mol. The maximum atomic E-state index is 12.3. The summed E-state index contributed by atoms with van der Waals surface area (Å²) in [6.45, 7) is 7.72. The van der Waals surface area contributed by atoms with Crippen LogP contribution in [0.5, 0.6) is 0 Å². The second kappa shape index (κ2) is 8.25. The third kappa shape index (κ3) is 5.52. The molecular weight excluding hydrogens is 230 g/mol. The molecule has 3 heteroatoms. The predicted molar refractivity (Wildman–Crippen MR) is 76.8 cm³/mol. The van der Waals surface area contributed by atoms with Gasteiger partial charge in [-0.3, -0.25) is 4.21 Å². The molecule has 0 spiro atoms. The Bertz CT molecular complexity index is 232. The molecule has 0 saturated heterocycles. The molecule has 0 aromatic rings. The maximum absolute atomic E-state index is 12.3. The largest absolute Gasteiger partial charge is 0.313 e. The Kier molecular flexibility index (Phi) is 7.36. The standard InChI is InChI=1S/C14H29NOS/c1-4-9-15-13(5-2)11-17(16)14-8-6-7-12(3)10-14/h12-15H,4-11H2,1-3H3. The van der Waals surface area contributed by atoms with Gasteiger partial charge < -0.3 is 5.32 Å². The molecule has 2 nitrogen and oxygen atoms in total. The smallest absolute Gasteiger partial charge is 0.0391 e. The highest BCUT2D eigenvalue weighted by Gasteiger charge is 2.25. The van der Waals surface area contributed by atoms with Crippen molar-refractivity contribution < 1.29 is 4.21 Å². The summed E-state index contributed by atoms with van der Waals surface area (Å²) in [6.07, 6.45) is 7.21. The van der Waals surface area contributed by atoms with E-state index in [1.807, 2.05) is 0 Å². The molecule has 4 atom stereocenters. The first kappa shape index (κ1) is 15.2. The third-order valence-electron chi connectivity index (χ3n) is 3.80. The molecule has 0 heterocycles. The zero-order valence-electron chi connectivity index (χ0n) is 11.7. The summed E-state index contributed by atoms with van der Waals surface area (Å²) in [5, 5.41) is 3.98. The quantitative estimate of drug-likeness (QED) is 0.761. The fraction of sp³-hybridized carbons (Fsp3) is 1.00. The molecule has 0 aliphatic heterocycles. The van der Waals surface area contributed by atoms with Gasteiger partial charge in [-0.2, -0.15) is 0 Å². The van der Waals surface area contributed by atoms with Crippen molar-refractivity contribution in [2.75, 3.05) is 12.3 Å². The molecule has 1 aliphatic carbocycles. The first-order valence-electron chi connectivity index (χ1n) is 7.27. The fourth-order valence-electron chi connectivity index (χ4n) is 2.62. The summed E-state index contributed by atoms with van der Waals surface area (Å²) < 4.78 is 12.3. The van der Waals surface area contributed by atoms with Crippen LogP contribution >= 0.6 is 0 Å². The predicted octanol–water partition coefficient (Wildman–Crippen LogP) is 3.09. The van der Waals surface area contributed by atoms with Crippen molar-refractivity contribution in [1.82, 2.24) is 5.32 Å². The molecule has 0 radical (unpaired) electrons. The van der Waals surface area contributed by atoms with Gasteiger partial charge in [-0.1, -0.05) is 33.6 Å². The van der Waals surface area contributed by atoms with Crippen LogP contribution in [0.3, 0.4) is 0 Å². The van der Waals surface area contributed by atoms with Gasteiger partial charge in [-0.05, 0) is 38.1 Å². The Labute approximate surface area is 109 Å². The van der Waals surface area contributed by atoms with Crippen molar-refractivity contribution in [2.45, 2.75) is 70.6 Å². The Morgan fingerprint density at radius 3 is 2.71 bits per heavy atom. The van der Waals surface area contributed by atoms with Crippen molar-refractivity contribution in [1.29, 1.82) is 0 Å². The van der Waals surface area contributed by atoms with Gasteiger partial charge in [0.15, 0.2) is 0 Å². The summed E-state index contributed by atoms with van der Waals surface area (Å²) in [5.74, 6) is 1.63. The van der Waals surface area contributed by atoms with Crippen LogP contribution in [0.1, 0.15) is 59.3 Å². The molecule has 1 rings (SSSR count). The Morgan fingerprint density at radius 1 is 1.35 bits per heavy atom. The first-order valence-corrected chi connectivity index (χ1v) is 8.66. The topological polar surface area (TPSA) is 29.1 Å². The molecular formula is C14H29NOS. The summed E-state index contributed by atoms with van der Waals surface area (Å²) in [6, 6.07) is 0.452. The lowest BCUT2D eigenvalue weighted by atomic mass is 9.91. The van der Waals surface area contributed by atoms with E-state index in [1.165, 1.54) is 25.7 Å². The number of rotatable bonds is 7. The van der Waals surface area contributed by atoms with Gasteiger partial charge in [-0.15, -0.1) is 0 Å². The normalized spacial score (nSPS) is 28.9. The van der Waals surface area contributed by atoms with Crippen LogP contribution in [0.25, 0.3) is 0 Å². The number of hydrogen-bond acceptors (Lipinski definition) is 2. The van der Waals surface area contributed by atoms with Crippen LogP contribution < -0.4 is 5.32 Å². The van der Waals surface area contributed by atoms with Crippen LogP contribution in [-0.2, 0) is 10.8 Å². The third-order valence-corrected chi connectivity index (χ3v) is 5.70. The molecule has 1 fully saturated rings. The van der Waals surface area contributed by atoms with Crippen molar-refractivity contribution in [3.05, 3.63) is 0 Å². The van der Waals surface area contributed by atoms with Crippen molar-refractivity contribution in [3.63, 3.8) is 0 Å². The van der Waals surface area contributed by atoms with Gasteiger partial charge >= 0.3 is 0 Å². The van der Waals surface area contributed by atoms with Gasteiger partial charge in [0.25, 0.3) is 0 Å². The molecule has 1 saturated carbocycles. The molecule has 102 valence electrons. The second-order valence-electron chi connectivity index (χ2n) is 5.50. The van der Waals surface area contributed by atoms with E-state index in [0.717, 1.165) is 31.1 Å². The van der Waals surface area contributed by atoms with Gasteiger partial charge in [0.2, 0.25) is 0 Å². The van der Waals surface area contributed by atoms with Crippen molar-refractivity contribution >= 4 is 10.8 Å². The molecule has 1 aliphatic rings. The summed E-state index contributed by atoms with van der Waals surface area (Å²) >= 11 is 0. The second-order valence-corrected chi connectivity index (χ2v) is 7.26. The van der Waals surface area contributed by atoms with E-state index in [2.05, 4.69) is 26.1 Å². The van der Waals surface area contributed by atoms with E-state index in [-0.39, 0.29) is 0 Å². The number of hydrogen-bond donors (Lipinski definition) is 1. The maximum Gasteiger partial charge on any atom is 0.0391 e. The highest BCUT2D eigenvalue weighted by atomic mass is 32.2. The van der Waals surface area contributed by atoms with E-state index in [0.29, 0.717) is 11.3 Å². The average Bonchev–Trinajstić information content (AvgIpc) is 2.34. The van der Waals surface area contributed by atoms with Crippen LogP contribution in [0.4, 0.5) is 0 Å². The van der Waals surface area contributed by atoms with E-state index < -0.39 is 10.8 Å². The minimum atomic E-state index is -0.623. The molecule has 17 heavy (non-hydrogen) atoms. The van der Waals surface area contributed by atoms with Gasteiger partial charge in [0, 0.05) is 27.8 Å². The molecule has 4 unspecified atom stereocenters. The molecule has 0 amide bonds. The highest BCUT2D eigenvalue weighted by Crippen LogP contribution is 2.27. The minimum absolute atomic E-state index is 0.452. The Hall–Kier alpha value is 0.110. The lowest BCUT2D eigenvalue weighted by molar-refractivity contribution is 0.388. The zero-order valence-corrected chi connectivity index (χ0v) is 12.5. The summed E-state index contributed by atoms with van der Waals surface area (Å²) in [7, 11) is -0.623. The molecule has 0 aromatic heterocycles. The SMILES string of the molecule is CCCNC(CC)CS(=O)C1CCCC(C)C1. The molecule has 1 N–H and O–H groups in total. The Morgan fingerprint density at radius 2 is 2.12 bits per heavy atom. The van der Waals surface area contributed by atoms with E-state index >= 15 is 0 Å². The molecule has 0 aromatic carbocycles. The zero-order chi connectivity index (χ0) is 12.7. The van der Waals surface area contributed by atoms with Crippen molar-refractivity contribution in [2.24, 2.45) is 5.92 Å². The van der Waals surface area contributed by atoms with Gasteiger partial charge in [0.05, 0.1) is 0 Å². The van der Waals surface area contributed by atoms with Crippen LogP contribution in [0.15, 0.2) is 0 Å². The summed E-state index contributed by atoms with van der Waals surface area (Å²) in [5.41, 5.74) is 0. The van der Waals surface area contributed by atoms with Gasteiger partial charge in [0.1, 0.15) is 0 Å². The lowest BCUT2D eigenvalue weighted by Gasteiger charge is -2.27. The van der Waals surface area contributed by atoms with E-state index in [1.54, 1.807) is 0 Å². The lowest BCUT2D eigenvalue weighted by Crippen LogP contribution is -2.37. The van der Waals surface area contributed by atoms with E-state index in [9.17, 15) is 4.21 Å². The highest BCUT2D eigenvalue weighted by molar-refractivity contribution is 7.85. The van der Waals surface area contributed by atoms with E-state index in [4.69, 9.17) is 0 Å². The number of nitrogens with one attached hydrogen (secondary N) is 1. The minimum Gasteiger partial charge on any atom is -0.313 e. The first-order chi connectivity index (χ1) is 8.17. The van der Waals surface area contributed by atoms with Crippen LogP contribution in [0.2, 0.25) is 0 Å². The average molecular weight is 259 g/mol. The van der Waals surface area contributed by atoms with Crippen LogP contribution in [0, 0.1) is 5.92 Å². The fourth-order valence-corrected chi connectivity index (χ4v) is 4.62. The van der Waals surface area contributed by atoms with Crippen molar-refractivity contribution in [3.8, 4) is 0 Å². The molecule has 0 bridgehead atoms. The Balaban J connectivity index is 2.35. The van der Waals surface area contributed by atoms with Crippen LogP contribution in [-0.4, -0.2) is 27.8 Å². The summed E-state index contributed by atoms with van der Waals surface area (Å²) in [4.78, 5) is 0.